The van der Waals surface area contributed by atoms with E-state index in [-0.39, 0.29) is 0 Å². The normalized spacial score (nSPS) is 11.3. The van der Waals surface area contributed by atoms with Crippen LogP contribution in [0.25, 0.3) is 33.2 Å². The van der Waals surface area contributed by atoms with Gasteiger partial charge in [-0.25, -0.2) is 4.98 Å². The highest BCUT2D eigenvalue weighted by molar-refractivity contribution is 5.95. The molecule has 2 aromatic carbocycles. The SMILES string of the molecule is Cc1cc(C)c2n[nH]c(-c3ccc4ccccc4n3)c2c1. The molecule has 3 nitrogen and oxygen atoms in total. The Kier molecular flexibility index (Phi) is 2.54. The number of aromatic amines is 1. The Morgan fingerprint density at radius 1 is 0.952 bits per heavy atom. The van der Waals surface area contributed by atoms with Gasteiger partial charge in [-0.15, -0.1) is 0 Å². The first-order valence-electron chi connectivity index (χ1n) is 7.04. The van der Waals surface area contributed by atoms with E-state index in [9.17, 15) is 0 Å². The van der Waals surface area contributed by atoms with Gasteiger partial charge in [0.1, 0.15) is 0 Å². The fraction of sp³-hybridized carbons (Fsp3) is 0.111. The summed E-state index contributed by atoms with van der Waals surface area (Å²) in [6.45, 7) is 4.20. The van der Waals surface area contributed by atoms with E-state index in [0.29, 0.717) is 0 Å². The van der Waals surface area contributed by atoms with Crippen molar-refractivity contribution in [1.82, 2.24) is 15.2 Å². The number of H-pyrrole nitrogens is 1. The van der Waals surface area contributed by atoms with Crippen LogP contribution < -0.4 is 0 Å². The van der Waals surface area contributed by atoms with E-state index in [4.69, 9.17) is 4.98 Å². The van der Waals surface area contributed by atoms with Crippen LogP contribution >= 0.6 is 0 Å². The highest BCUT2D eigenvalue weighted by atomic mass is 15.1. The summed E-state index contributed by atoms with van der Waals surface area (Å²) in [5, 5.41) is 9.89. The van der Waals surface area contributed by atoms with Gasteiger partial charge in [0.2, 0.25) is 0 Å². The van der Waals surface area contributed by atoms with Crippen LogP contribution in [0.4, 0.5) is 0 Å². The molecular formula is C18H15N3. The first-order valence-corrected chi connectivity index (χ1v) is 7.04. The molecule has 0 spiro atoms. The van der Waals surface area contributed by atoms with Crippen LogP contribution in [0.1, 0.15) is 11.1 Å². The number of nitrogens with zero attached hydrogens (tertiary/aromatic N) is 2. The van der Waals surface area contributed by atoms with Crippen molar-refractivity contribution >= 4 is 21.8 Å². The van der Waals surface area contributed by atoms with Gasteiger partial charge in [0.25, 0.3) is 0 Å². The number of nitrogens with one attached hydrogen (secondary N) is 1. The maximum Gasteiger partial charge on any atom is 0.0957 e. The van der Waals surface area contributed by atoms with Crippen molar-refractivity contribution in [3.05, 3.63) is 59.7 Å². The molecule has 0 atom stereocenters. The number of pyridine rings is 1. The lowest BCUT2D eigenvalue weighted by molar-refractivity contribution is 1.11. The van der Waals surface area contributed by atoms with Crippen molar-refractivity contribution in [2.24, 2.45) is 0 Å². The van der Waals surface area contributed by atoms with Gasteiger partial charge in [-0.05, 0) is 37.6 Å². The Morgan fingerprint density at radius 2 is 1.81 bits per heavy atom. The summed E-state index contributed by atoms with van der Waals surface area (Å²) in [7, 11) is 0. The molecular weight excluding hydrogens is 258 g/mol. The quantitative estimate of drug-likeness (QED) is 0.558. The smallest absolute Gasteiger partial charge is 0.0957 e. The van der Waals surface area contributed by atoms with E-state index in [1.54, 1.807) is 0 Å². The molecule has 0 amide bonds. The van der Waals surface area contributed by atoms with Crippen LogP contribution in [-0.2, 0) is 0 Å². The average Bonchev–Trinajstić information content (AvgIpc) is 2.91. The Balaban J connectivity index is 2.00. The van der Waals surface area contributed by atoms with E-state index in [1.807, 2.05) is 24.3 Å². The average molecular weight is 273 g/mol. The zero-order chi connectivity index (χ0) is 14.4. The van der Waals surface area contributed by atoms with Gasteiger partial charge in [-0.1, -0.05) is 35.9 Å². The van der Waals surface area contributed by atoms with E-state index < -0.39 is 0 Å². The van der Waals surface area contributed by atoms with Gasteiger partial charge < -0.3 is 0 Å². The highest BCUT2D eigenvalue weighted by Gasteiger charge is 2.11. The summed E-state index contributed by atoms with van der Waals surface area (Å²) in [6, 6.07) is 16.6. The lowest BCUT2D eigenvalue weighted by Gasteiger charge is -2.03. The molecule has 0 bridgehead atoms. The number of aromatic nitrogens is 3. The van der Waals surface area contributed by atoms with Crippen molar-refractivity contribution in [3.8, 4) is 11.4 Å². The third-order valence-electron chi connectivity index (χ3n) is 3.85. The van der Waals surface area contributed by atoms with Crippen LogP contribution in [0.5, 0.6) is 0 Å². The van der Waals surface area contributed by atoms with E-state index in [0.717, 1.165) is 33.2 Å². The van der Waals surface area contributed by atoms with Gasteiger partial charge >= 0.3 is 0 Å². The molecule has 102 valence electrons. The number of aryl methyl sites for hydroxylation is 2. The molecule has 0 aliphatic carbocycles. The highest BCUT2D eigenvalue weighted by Crippen LogP contribution is 2.29. The van der Waals surface area contributed by atoms with Crippen LogP contribution in [-0.4, -0.2) is 15.2 Å². The molecule has 2 aromatic heterocycles. The third-order valence-corrected chi connectivity index (χ3v) is 3.85. The van der Waals surface area contributed by atoms with Gasteiger partial charge in [0.05, 0.1) is 22.4 Å². The topological polar surface area (TPSA) is 41.6 Å². The van der Waals surface area contributed by atoms with Crippen molar-refractivity contribution < 1.29 is 0 Å². The molecule has 0 saturated carbocycles. The largest absolute Gasteiger partial charge is 0.275 e. The Labute approximate surface area is 122 Å². The predicted molar refractivity (Wildman–Crippen MR) is 86.3 cm³/mol. The molecule has 0 fully saturated rings. The summed E-state index contributed by atoms with van der Waals surface area (Å²) in [5.74, 6) is 0. The van der Waals surface area contributed by atoms with Crippen molar-refractivity contribution in [1.29, 1.82) is 0 Å². The van der Waals surface area contributed by atoms with Crippen molar-refractivity contribution in [3.63, 3.8) is 0 Å². The Morgan fingerprint density at radius 3 is 2.71 bits per heavy atom. The van der Waals surface area contributed by atoms with Crippen LogP contribution in [0, 0.1) is 13.8 Å². The summed E-state index contributed by atoms with van der Waals surface area (Å²) >= 11 is 0. The first kappa shape index (κ1) is 12.1. The predicted octanol–water partition coefficient (Wildman–Crippen LogP) is 4.39. The summed E-state index contributed by atoms with van der Waals surface area (Å²) in [5.41, 5.74) is 6.37. The Bertz CT molecular complexity index is 967. The Hall–Kier alpha value is -2.68. The molecule has 3 heteroatoms. The molecule has 1 N–H and O–H groups in total. The van der Waals surface area contributed by atoms with Gasteiger partial charge in [-0.3, -0.25) is 5.10 Å². The number of hydrogen-bond donors (Lipinski definition) is 1. The van der Waals surface area contributed by atoms with Crippen molar-refractivity contribution in [2.75, 3.05) is 0 Å². The summed E-state index contributed by atoms with van der Waals surface area (Å²) < 4.78 is 0. The molecule has 0 radical (unpaired) electrons. The maximum atomic E-state index is 4.76. The lowest BCUT2D eigenvalue weighted by Crippen LogP contribution is -1.86. The minimum absolute atomic E-state index is 0.932. The minimum atomic E-state index is 0.932. The van der Waals surface area contributed by atoms with Gasteiger partial charge in [0, 0.05) is 10.8 Å². The number of para-hydroxylation sites is 1. The fourth-order valence-electron chi connectivity index (χ4n) is 2.87. The fourth-order valence-corrected chi connectivity index (χ4v) is 2.87. The summed E-state index contributed by atoms with van der Waals surface area (Å²) in [6.07, 6.45) is 0. The van der Waals surface area contributed by atoms with Gasteiger partial charge in [-0.2, -0.15) is 5.10 Å². The molecule has 0 saturated heterocycles. The minimum Gasteiger partial charge on any atom is -0.275 e. The lowest BCUT2D eigenvalue weighted by atomic mass is 10.1. The van der Waals surface area contributed by atoms with E-state index in [2.05, 4.69) is 48.3 Å². The number of benzene rings is 2. The molecule has 0 aliphatic rings. The molecule has 4 aromatic rings. The monoisotopic (exact) mass is 273 g/mol. The van der Waals surface area contributed by atoms with Crippen molar-refractivity contribution in [2.45, 2.75) is 13.8 Å². The second kappa shape index (κ2) is 4.42. The zero-order valence-electron chi connectivity index (χ0n) is 12.0. The number of rotatable bonds is 1. The van der Waals surface area contributed by atoms with Crippen LogP contribution in [0.2, 0.25) is 0 Å². The standard InChI is InChI=1S/C18H15N3/c1-11-9-12(2)17-14(10-11)18(21-20-17)16-8-7-13-5-3-4-6-15(13)19-16/h3-10H,1-2H3,(H,20,21). The van der Waals surface area contributed by atoms with Gasteiger partial charge in [0.15, 0.2) is 0 Å². The second-order valence-corrected chi connectivity index (χ2v) is 5.47. The third kappa shape index (κ3) is 1.89. The molecule has 21 heavy (non-hydrogen) atoms. The second-order valence-electron chi connectivity index (χ2n) is 5.47. The number of fused-ring (bicyclic) bond motifs is 2. The van der Waals surface area contributed by atoms with Crippen LogP contribution in [0.15, 0.2) is 48.5 Å². The first-order chi connectivity index (χ1) is 10.2. The van der Waals surface area contributed by atoms with E-state index in [1.165, 1.54) is 11.1 Å². The summed E-state index contributed by atoms with van der Waals surface area (Å²) in [4.78, 5) is 4.76. The number of hydrogen-bond acceptors (Lipinski definition) is 2. The molecule has 0 aliphatic heterocycles. The van der Waals surface area contributed by atoms with Crippen LogP contribution in [0.3, 0.4) is 0 Å². The van der Waals surface area contributed by atoms with E-state index >= 15 is 0 Å². The molecule has 2 heterocycles. The molecule has 0 unspecified atom stereocenters. The molecule has 4 rings (SSSR count). The maximum absolute atomic E-state index is 4.76. The zero-order valence-corrected chi connectivity index (χ0v) is 12.0.